The molecule has 2 heterocycles. The van der Waals surface area contributed by atoms with E-state index >= 15 is 0 Å². The lowest BCUT2D eigenvalue weighted by atomic mass is 9.84. The summed E-state index contributed by atoms with van der Waals surface area (Å²) >= 11 is 0. The van der Waals surface area contributed by atoms with E-state index in [9.17, 15) is 4.79 Å². The molecule has 2 aliphatic rings. The van der Waals surface area contributed by atoms with E-state index in [-0.39, 0.29) is 6.10 Å². The number of fused-ring (bicyclic) bond motifs is 1. The maximum Gasteiger partial charge on any atom is 0.225 e. The second-order valence-corrected chi connectivity index (χ2v) is 8.61. The van der Waals surface area contributed by atoms with Crippen LogP contribution in [0, 0.1) is 12.8 Å². The number of carbonyl (C=O) groups excluding carboxylic acids is 1. The molecule has 0 bridgehead atoms. The number of aryl methyl sites for hydroxylation is 1. The number of amides is 1. The summed E-state index contributed by atoms with van der Waals surface area (Å²) in [5.41, 5.74) is 4.63. The lowest BCUT2D eigenvalue weighted by Gasteiger charge is -2.36. The quantitative estimate of drug-likeness (QED) is 0.590. The van der Waals surface area contributed by atoms with E-state index in [1.165, 1.54) is 28.5 Å². The van der Waals surface area contributed by atoms with Crippen molar-refractivity contribution in [1.82, 2.24) is 9.88 Å². The first-order valence-electron chi connectivity index (χ1n) is 11.1. The fourth-order valence-corrected chi connectivity index (χ4v) is 4.62. The molecule has 154 valence electrons. The molecule has 5 rings (SSSR count). The highest BCUT2D eigenvalue weighted by molar-refractivity contribution is 5.88. The monoisotopic (exact) mass is 400 g/mol. The van der Waals surface area contributed by atoms with Gasteiger partial charge in [0.1, 0.15) is 11.9 Å². The molecule has 4 heteroatoms. The maximum absolute atomic E-state index is 12.4. The van der Waals surface area contributed by atoms with Crippen molar-refractivity contribution in [2.75, 3.05) is 13.1 Å². The number of likely N-dealkylation sites (tertiary alicyclic amines) is 1. The molecule has 1 saturated carbocycles. The van der Waals surface area contributed by atoms with Gasteiger partial charge in [-0.1, -0.05) is 36.8 Å². The van der Waals surface area contributed by atoms with E-state index < -0.39 is 0 Å². The average Bonchev–Trinajstić information content (AvgIpc) is 2.74. The normalized spacial score (nSPS) is 17.7. The molecule has 1 saturated heterocycles. The Hall–Kier alpha value is -2.88. The fraction of sp³-hybridized carbons (Fsp3) is 0.385. The number of hydrogen-bond acceptors (Lipinski definition) is 3. The summed E-state index contributed by atoms with van der Waals surface area (Å²) in [6.45, 7) is 3.77. The third-order valence-corrected chi connectivity index (χ3v) is 6.70. The molecular weight excluding hydrogens is 372 g/mol. The minimum absolute atomic E-state index is 0.188. The summed E-state index contributed by atoms with van der Waals surface area (Å²) in [7, 11) is 0. The molecule has 0 atom stereocenters. The van der Waals surface area contributed by atoms with E-state index in [4.69, 9.17) is 4.74 Å². The number of rotatable bonds is 4. The summed E-state index contributed by atoms with van der Waals surface area (Å²) in [5, 5.41) is 1.17. The molecule has 3 aromatic rings. The number of pyridine rings is 1. The molecule has 30 heavy (non-hydrogen) atoms. The molecule has 0 radical (unpaired) electrons. The van der Waals surface area contributed by atoms with Gasteiger partial charge in [-0.05, 0) is 54.7 Å². The van der Waals surface area contributed by atoms with Crippen LogP contribution in [-0.4, -0.2) is 35.0 Å². The molecule has 1 amide bonds. The van der Waals surface area contributed by atoms with Gasteiger partial charge in [0.05, 0.1) is 5.52 Å². The number of ether oxygens (including phenoxy) is 1. The van der Waals surface area contributed by atoms with Crippen molar-refractivity contribution >= 4 is 16.8 Å². The van der Waals surface area contributed by atoms with Crippen molar-refractivity contribution in [3.8, 4) is 16.9 Å². The fourth-order valence-electron chi connectivity index (χ4n) is 4.62. The zero-order valence-electron chi connectivity index (χ0n) is 17.5. The largest absolute Gasteiger partial charge is 0.490 e. The van der Waals surface area contributed by atoms with Crippen LogP contribution < -0.4 is 4.74 Å². The van der Waals surface area contributed by atoms with Gasteiger partial charge in [-0.25, -0.2) is 0 Å². The number of carbonyl (C=O) groups is 1. The Morgan fingerprint density at radius 1 is 1.00 bits per heavy atom. The minimum Gasteiger partial charge on any atom is -0.490 e. The van der Waals surface area contributed by atoms with Crippen LogP contribution in [0.3, 0.4) is 0 Å². The highest BCUT2D eigenvalue weighted by atomic mass is 16.5. The number of benzene rings is 2. The lowest BCUT2D eigenvalue weighted by Crippen LogP contribution is -2.45. The Morgan fingerprint density at radius 2 is 1.77 bits per heavy atom. The Labute approximate surface area is 177 Å². The number of piperidine rings is 1. The number of aromatic nitrogens is 1. The third kappa shape index (κ3) is 3.67. The first-order chi connectivity index (χ1) is 14.7. The highest BCUT2D eigenvalue weighted by Gasteiger charge is 2.32. The number of nitrogens with zero attached hydrogens (tertiary/aromatic N) is 2. The minimum atomic E-state index is 0.188. The van der Waals surface area contributed by atoms with Crippen LogP contribution in [0.5, 0.6) is 5.75 Å². The van der Waals surface area contributed by atoms with Gasteiger partial charge in [0, 0.05) is 43.4 Å². The molecule has 0 unspecified atom stereocenters. The molecule has 1 aliphatic heterocycles. The van der Waals surface area contributed by atoms with Crippen LogP contribution in [0.25, 0.3) is 22.0 Å². The Morgan fingerprint density at radius 3 is 2.47 bits per heavy atom. The van der Waals surface area contributed by atoms with Crippen molar-refractivity contribution in [1.29, 1.82) is 0 Å². The van der Waals surface area contributed by atoms with Gasteiger partial charge in [-0.15, -0.1) is 0 Å². The molecule has 2 fully saturated rings. The first kappa shape index (κ1) is 19.1. The summed E-state index contributed by atoms with van der Waals surface area (Å²) in [4.78, 5) is 19.0. The summed E-state index contributed by atoms with van der Waals surface area (Å²) in [6, 6.07) is 16.7. The molecule has 4 nitrogen and oxygen atoms in total. The molecular formula is C26H28N2O2. The molecule has 0 N–H and O–H groups in total. The van der Waals surface area contributed by atoms with Crippen molar-refractivity contribution in [3.63, 3.8) is 0 Å². The van der Waals surface area contributed by atoms with E-state index in [0.717, 1.165) is 50.0 Å². The van der Waals surface area contributed by atoms with Crippen LogP contribution in [0.15, 0.2) is 54.7 Å². The lowest BCUT2D eigenvalue weighted by molar-refractivity contribution is -0.140. The Balaban J connectivity index is 1.23. The predicted octanol–water partition coefficient (Wildman–Crippen LogP) is 5.38. The standard InChI is InChI=1S/C26H28N2O2/c1-18-24(12-9-20-6-3-15-27-25(18)20)19-7-10-22(11-8-19)30-23-13-16-28(17-14-23)26(29)21-4-2-5-21/h3,6-12,15,21,23H,2,4-5,13-14,16-17H2,1H3. The van der Waals surface area contributed by atoms with Gasteiger partial charge in [0.15, 0.2) is 0 Å². The van der Waals surface area contributed by atoms with Gasteiger partial charge in [0.2, 0.25) is 5.91 Å². The number of hydrogen-bond donors (Lipinski definition) is 0. The van der Waals surface area contributed by atoms with E-state index in [1.54, 1.807) is 0 Å². The van der Waals surface area contributed by atoms with Gasteiger partial charge in [0.25, 0.3) is 0 Å². The van der Waals surface area contributed by atoms with Crippen LogP contribution in [-0.2, 0) is 4.79 Å². The van der Waals surface area contributed by atoms with E-state index in [0.29, 0.717) is 11.8 Å². The molecule has 2 aromatic carbocycles. The third-order valence-electron chi connectivity index (χ3n) is 6.70. The van der Waals surface area contributed by atoms with E-state index in [2.05, 4.69) is 54.4 Å². The second-order valence-electron chi connectivity index (χ2n) is 8.61. The SMILES string of the molecule is Cc1c(-c2ccc(OC3CCN(C(=O)C4CCC4)CC3)cc2)ccc2cccnc12. The van der Waals surface area contributed by atoms with Gasteiger partial charge in [-0.3, -0.25) is 9.78 Å². The van der Waals surface area contributed by atoms with Crippen molar-refractivity contribution < 1.29 is 9.53 Å². The smallest absolute Gasteiger partial charge is 0.225 e. The Kier molecular flexibility index (Phi) is 5.16. The second kappa shape index (κ2) is 8.10. The molecule has 1 aromatic heterocycles. The van der Waals surface area contributed by atoms with Crippen molar-refractivity contribution in [2.45, 2.75) is 45.1 Å². The molecule has 1 aliphatic carbocycles. The van der Waals surface area contributed by atoms with Crippen LogP contribution in [0.2, 0.25) is 0 Å². The van der Waals surface area contributed by atoms with E-state index in [1.807, 2.05) is 17.2 Å². The van der Waals surface area contributed by atoms with Gasteiger partial charge < -0.3 is 9.64 Å². The van der Waals surface area contributed by atoms with Crippen molar-refractivity contribution in [2.24, 2.45) is 5.92 Å². The topological polar surface area (TPSA) is 42.4 Å². The van der Waals surface area contributed by atoms with Crippen LogP contribution in [0.4, 0.5) is 0 Å². The first-order valence-corrected chi connectivity index (χ1v) is 11.1. The van der Waals surface area contributed by atoms with Crippen molar-refractivity contribution in [3.05, 3.63) is 60.3 Å². The van der Waals surface area contributed by atoms with Crippen LogP contribution in [0.1, 0.15) is 37.7 Å². The van der Waals surface area contributed by atoms with Crippen LogP contribution >= 0.6 is 0 Å². The zero-order chi connectivity index (χ0) is 20.5. The van der Waals surface area contributed by atoms with Gasteiger partial charge >= 0.3 is 0 Å². The Bertz CT molecular complexity index is 1050. The summed E-state index contributed by atoms with van der Waals surface area (Å²) < 4.78 is 6.23. The average molecular weight is 401 g/mol. The summed E-state index contributed by atoms with van der Waals surface area (Å²) in [6.07, 6.45) is 7.23. The molecule has 0 spiro atoms. The maximum atomic E-state index is 12.4. The van der Waals surface area contributed by atoms with Gasteiger partial charge in [-0.2, -0.15) is 0 Å². The predicted molar refractivity (Wildman–Crippen MR) is 119 cm³/mol. The zero-order valence-corrected chi connectivity index (χ0v) is 17.5. The highest BCUT2D eigenvalue weighted by Crippen LogP contribution is 2.31. The summed E-state index contributed by atoms with van der Waals surface area (Å²) in [5.74, 6) is 1.56.